The number of aromatic amines is 1. The lowest BCUT2D eigenvalue weighted by Gasteiger charge is -2.20. The summed E-state index contributed by atoms with van der Waals surface area (Å²) in [6.45, 7) is 3.90. The molecule has 0 aliphatic heterocycles. The summed E-state index contributed by atoms with van der Waals surface area (Å²) in [5.74, 6) is 0. The molecule has 2 aromatic carbocycles. The van der Waals surface area contributed by atoms with Gasteiger partial charge in [-0.25, -0.2) is 9.97 Å². The number of fused-ring (bicyclic) bond motifs is 1. The Balaban J connectivity index is 1.90. The Morgan fingerprint density at radius 3 is 2.56 bits per heavy atom. The molecule has 4 aromatic rings. The lowest BCUT2D eigenvalue weighted by atomic mass is 9.98. The normalized spacial score (nSPS) is 12.4. The van der Waals surface area contributed by atoms with Crippen molar-refractivity contribution >= 4 is 22.6 Å². The highest BCUT2D eigenvalue weighted by Crippen LogP contribution is 2.29. The van der Waals surface area contributed by atoms with Gasteiger partial charge in [0.1, 0.15) is 5.69 Å². The van der Waals surface area contributed by atoms with E-state index in [0.29, 0.717) is 17.1 Å². The molecule has 0 amide bonds. The summed E-state index contributed by atoms with van der Waals surface area (Å²) < 4.78 is 2.08. The molecule has 0 saturated heterocycles. The van der Waals surface area contributed by atoms with Crippen LogP contribution in [0.25, 0.3) is 11.0 Å². The van der Waals surface area contributed by atoms with Crippen LogP contribution in [-0.4, -0.2) is 19.5 Å². The zero-order valence-electron chi connectivity index (χ0n) is 15.1. The van der Waals surface area contributed by atoms with E-state index in [1.165, 1.54) is 0 Å². The van der Waals surface area contributed by atoms with Crippen LogP contribution in [0.15, 0.2) is 59.8 Å². The summed E-state index contributed by atoms with van der Waals surface area (Å²) in [6.07, 6.45) is 4.44. The number of benzene rings is 2. The molecule has 0 spiro atoms. The molecule has 6 heteroatoms. The van der Waals surface area contributed by atoms with Gasteiger partial charge in [-0.2, -0.15) is 0 Å². The largest absolute Gasteiger partial charge is 0.326 e. The van der Waals surface area contributed by atoms with E-state index in [1.807, 2.05) is 68.8 Å². The van der Waals surface area contributed by atoms with Crippen molar-refractivity contribution in [3.63, 3.8) is 0 Å². The van der Waals surface area contributed by atoms with Crippen molar-refractivity contribution < 1.29 is 0 Å². The van der Waals surface area contributed by atoms with Crippen LogP contribution in [0, 0.1) is 6.92 Å². The molecular formula is C21H19ClN4O. The summed E-state index contributed by atoms with van der Waals surface area (Å²) in [5.41, 5.74) is 5.03. The van der Waals surface area contributed by atoms with Crippen molar-refractivity contribution in [1.82, 2.24) is 19.5 Å². The number of hydrogen-bond donors (Lipinski definition) is 1. The zero-order valence-corrected chi connectivity index (χ0v) is 15.9. The monoisotopic (exact) mass is 378 g/mol. The highest BCUT2D eigenvalue weighted by Gasteiger charge is 2.18. The Kier molecular flexibility index (Phi) is 4.54. The fourth-order valence-electron chi connectivity index (χ4n) is 3.31. The summed E-state index contributed by atoms with van der Waals surface area (Å²) in [7, 11) is 0. The van der Waals surface area contributed by atoms with Gasteiger partial charge in [0.05, 0.1) is 29.1 Å². The number of aromatic nitrogens is 4. The maximum atomic E-state index is 12.0. The molecule has 0 fully saturated rings. The highest BCUT2D eigenvalue weighted by atomic mass is 35.5. The minimum Gasteiger partial charge on any atom is -0.326 e. The summed E-state index contributed by atoms with van der Waals surface area (Å²) in [6, 6.07) is 13.7. The topological polar surface area (TPSA) is 63.6 Å². The van der Waals surface area contributed by atoms with Gasteiger partial charge in [0.25, 0.3) is 5.56 Å². The first-order valence-electron chi connectivity index (χ1n) is 8.83. The lowest BCUT2D eigenvalue weighted by Crippen LogP contribution is -2.15. The minimum absolute atomic E-state index is 0.0633. The van der Waals surface area contributed by atoms with Gasteiger partial charge in [-0.05, 0) is 48.7 Å². The van der Waals surface area contributed by atoms with Gasteiger partial charge < -0.3 is 9.55 Å². The summed E-state index contributed by atoms with van der Waals surface area (Å²) in [4.78, 5) is 23.9. The Labute approximate surface area is 161 Å². The standard InChI is InChI=1S/C21H19ClN4O/c1-3-17-21(27)25-18-9-6-15(10-19(18)24-17)20(26-11-13(2)23-12-26)14-4-7-16(22)8-5-14/h4-12,20H,3H2,1-2H3,(H,25,27). The Morgan fingerprint density at radius 2 is 1.89 bits per heavy atom. The van der Waals surface area contributed by atoms with Gasteiger partial charge in [0, 0.05) is 11.2 Å². The first kappa shape index (κ1) is 17.5. The van der Waals surface area contributed by atoms with Crippen LogP contribution in [0.3, 0.4) is 0 Å². The van der Waals surface area contributed by atoms with E-state index in [-0.39, 0.29) is 11.6 Å². The second-order valence-electron chi connectivity index (χ2n) is 6.56. The predicted octanol–water partition coefficient (Wildman–Crippen LogP) is 4.28. The third-order valence-electron chi connectivity index (χ3n) is 4.65. The lowest BCUT2D eigenvalue weighted by molar-refractivity contribution is 0.677. The molecule has 0 aliphatic rings. The summed E-state index contributed by atoms with van der Waals surface area (Å²) >= 11 is 6.08. The zero-order chi connectivity index (χ0) is 19.0. The molecule has 27 heavy (non-hydrogen) atoms. The molecular weight excluding hydrogens is 360 g/mol. The number of imidazole rings is 1. The summed E-state index contributed by atoms with van der Waals surface area (Å²) in [5, 5.41) is 0.699. The molecule has 0 aliphatic carbocycles. The van der Waals surface area contributed by atoms with Crippen LogP contribution in [0.1, 0.15) is 35.5 Å². The molecule has 0 bridgehead atoms. The number of rotatable bonds is 4. The van der Waals surface area contributed by atoms with Crippen LogP contribution in [0.2, 0.25) is 5.02 Å². The average molecular weight is 379 g/mol. The third-order valence-corrected chi connectivity index (χ3v) is 4.90. The number of aryl methyl sites for hydroxylation is 2. The van der Waals surface area contributed by atoms with Crippen LogP contribution < -0.4 is 5.56 Å². The molecule has 2 aromatic heterocycles. The van der Waals surface area contributed by atoms with Crippen molar-refractivity contribution in [3.05, 3.63) is 92.9 Å². The SMILES string of the molecule is CCc1nc2cc(C(c3ccc(Cl)cc3)n3cnc(C)c3)ccc2[nH]c1=O. The van der Waals surface area contributed by atoms with Gasteiger partial charge in [-0.1, -0.05) is 36.7 Å². The first-order chi connectivity index (χ1) is 13.0. The van der Waals surface area contributed by atoms with E-state index in [4.69, 9.17) is 11.6 Å². The predicted molar refractivity (Wildman–Crippen MR) is 107 cm³/mol. The van der Waals surface area contributed by atoms with Crippen LogP contribution in [-0.2, 0) is 6.42 Å². The van der Waals surface area contributed by atoms with Crippen molar-refractivity contribution in [2.45, 2.75) is 26.3 Å². The smallest absolute Gasteiger partial charge is 0.270 e. The maximum absolute atomic E-state index is 12.0. The third kappa shape index (κ3) is 3.38. The molecule has 5 nitrogen and oxygen atoms in total. The van der Waals surface area contributed by atoms with Gasteiger partial charge in [0.2, 0.25) is 0 Å². The molecule has 1 atom stereocenters. The Morgan fingerprint density at radius 1 is 1.15 bits per heavy atom. The van der Waals surface area contributed by atoms with E-state index < -0.39 is 0 Å². The van der Waals surface area contributed by atoms with E-state index >= 15 is 0 Å². The quantitative estimate of drug-likeness (QED) is 0.576. The number of H-pyrrole nitrogens is 1. The van der Waals surface area contributed by atoms with Crippen LogP contribution in [0.5, 0.6) is 0 Å². The second kappa shape index (κ2) is 7.00. The van der Waals surface area contributed by atoms with Crippen LogP contribution >= 0.6 is 11.6 Å². The molecule has 136 valence electrons. The number of nitrogens with one attached hydrogen (secondary N) is 1. The molecule has 0 radical (unpaired) electrons. The van der Waals surface area contributed by atoms with Gasteiger partial charge in [-0.15, -0.1) is 0 Å². The molecule has 1 unspecified atom stereocenters. The fraction of sp³-hybridized carbons (Fsp3) is 0.190. The molecule has 0 saturated carbocycles. The van der Waals surface area contributed by atoms with Gasteiger partial charge >= 0.3 is 0 Å². The highest BCUT2D eigenvalue weighted by molar-refractivity contribution is 6.30. The Bertz CT molecular complexity index is 1160. The molecule has 1 N–H and O–H groups in total. The van der Waals surface area contributed by atoms with Gasteiger partial charge in [-0.3, -0.25) is 4.79 Å². The van der Waals surface area contributed by atoms with Crippen molar-refractivity contribution in [3.8, 4) is 0 Å². The average Bonchev–Trinajstić information content (AvgIpc) is 3.09. The fourth-order valence-corrected chi connectivity index (χ4v) is 3.44. The number of hydrogen-bond acceptors (Lipinski definition) is 3. The second-order valence-corrected chi connectivity index (χ2v) is 7.00. The first-order valence-corrected chi connectivity index (χ1v) is 9.21. The van der Waals surface area contributed by atoms with Crippen molar-refractivity contribution in [2.75, 3.05) is 0 Å². The number of nitrogens with zero attached hydrogens (tertiary/aromatic N) is 3. The molecule has 2 heterocycles. The van der Waals surface area contributed by atoms with Crippen molar-refractivity contribution in [2.24, 2.45) is 0 Å². The van der Waals surface area contributed by atoms with E-state index in [1.54, 1.807) is 0 Å². The van der Waals surface area contributed by atoms with E-state index in [0.717, 1.165) is 27.9 Å². The van der Waals surface area contributed by atoms with E-state index in [2.05, 4.69) is 19.5 Å². The van der Waals surface area contributed by atoms with E-state index in [9.17, 15) is 4.79 Å². The van der Waals surface area contributed by atoms with Crippen LogP contribution in [0.4, 0.5) is 0 Å². The van der Waals surface area contributed by atoms with Crippen molar-refractivity contribution in [1.29, 1.82) is 0 Å². The number of halogens is 1. The maximum Gasteiger partial charge on any atom is 0.270 e. The minimum atomic E-state index is -0.128. The Hall–Kier alpha value is -2.92. The molecule has 4 rings (SSSR count). The van der Waals surface area contributed by atoms with Gasteiger partial charge in [0.15, 0.2) is 0 Å².